The first-order chi connectivity index (χ1) is 8.56. The van der Waals surface area contributed by atoms with Crippen molar-refractivity contribution in [2.45, 2.75) is 0 Å². The molecular formula is C12H8AcClN2O3-. The quantitative estimate of drug-likeness (QED) is 0.461. The molecule has 5 nitrogen and oxygen atoms in total. The first-order valence-corrected chi connectivity index (χ1v) is 5.37. The third-order valence-corrected chi connectivity index (χ3v) is 2.51. The number of benzene rings is 2. The molecule has 0 saturated heterocycles. The molecule has 7 heteroatoms. The molecule has 19 heavy (non-hydrogen) atoms. The second-order valence-electron chi connectivity index (χ2n) is 3.50. The van der Waals surface area contributed by atoms with E-state index in [1.54, 1.807) is 24.3 Å². The van der Waals surface area contributed by atoms with Gasteiger partial charge in [-0.15, -0.1) is 5.69 Å². The molecule has 0 fully saturated rings. The molecule has 0 aliphatic carbocycles. The van der Waals surface area contributed by atoms with Gasteiger partial charge in [-0.1, -0.05) is 23.7 Å². The monoisotopic (exact) mass is 490 g/mol. The summed E-state index contributed by atoms with van der Waals surface area (Å²) in [7, 11) is 0. The van der Waals surface area contributed by atoms with Crippen LogP contribution in [0.25, 0.3) is 5.73 Å². The van der Waals surface area contributed by atoms with Gasteiger partial charge in [0.2, 0.25) is 0 Å². The Morgan fingerprint density at radius 3 is 2.21 bits per heavy atom. The first-order valence-electron chi connectivity index (χ1n) is 5.00. The Morgan fingerprint density at radius 1 is 1.11 bits per heavy atom. The third-order valence-electron chi connectivity index (χ3n) is 2.21. The van der Waals surface area contributed by atoms with E-state index in [2.05, 4.69) is 0 Å². The maximum Gasteiger partial charge on any atom is 0.288 e. The Morgan fingerprint density at radius 2 is 1.68 bits per heavy atom. The Balaban J connectivity index is 0.00000180. The van der Waals surface area contributed by atoms with Crippen LogP contribution in [0.4, 0.5) is 11.4 Å². The standard InChI is InChI=1S/C12H8ClN2O3.Ac/c13-11-7-10(5-6-12(11)15(16)17)18-9-3-1-8(14)2-4-9;/h1-7,14H;/q-1;. The van der Waals surface area contributed by atoms with E-state index < -0.39 is 4.92 Å². The molecule has 2 aromatic carbocycles. The maximum atomic E-state index is 10.6. The van der Waals surface area contributed by atoms with E-state index in [1.807, 2.05) is 0 Å². The maximum absolute atomic E-state index is 10.6. The predicted octanol–water partition coefficient (Wildman–Crippen LogP) is 4.72. The van der Waals surface area contributed by atoms with Gasteiger partial charge in [0.15, 0.2) is 0 Å². The number of hydrogen-bond donors (Lipinski definition) is 0. The molecule has 0 amide bonds. The van der Waals surface area contributed by atoms with E-state index in [0.29, 0.717) is 17.2 Å². The second kappa shape index (κ2) is 7.09. The molecule has 0 unspecified atom stereocenters. The summed E-state index contributed by atoms with van der Waals surface area (Å²) in [4.78, 5) is 10.0. The van der Waals surface area contributed by atoms with Crippen LogP contribution in [0.15, 0.2) is 42.5 Å². The average molecular weight is 491 g/mol. The molecule has 2 rings (SSSR count). The van der Waals surface area contributed by atoms with Gasteiger partial charge in [-0.05, 0) is 18.2 Å². The molecule has 1 radical (unpaired) electrons. The van der Waals surface area contributed by atoms with Crippen molar-refractivity contribution in [2.75, 3.05) is 0 Å². The van der Waals surface area contributed by atoms with Gasteiger partial charge < -0.3 is 10.5 Å². The van der Waals surface area contributed by atoms with Gasteiger partial charge in [-0.3, -0.25) is 10.1 Å². The molecule has 0 bridgehead atoms. The molecule has 0 heterocycles. The van der Waals surface area contributed by atoms with Crippen molar-refractivity contribution in [3.8, 4) is 11.5 Å². The zero-order chi connectivity index (χ0) is 13.1. The zero-order valence-corrected chi connectivity index (χ0v) is 15.2. The van der Waals surface area contributed by atoms with Gasteiger partial charge >= 0.3 is 0 Å². The summed E-state index contributed by atoms with van der Waals surface area (Å²) in [5.74, 6) is 0.944. The Kier molecular flexibility index (Phi) is 6.05. The molecule has 2 aromatic rings. The molecule has 0 atom stereocenters. The van der Waals surface area contributed by atoms with Crippen LogP contribution in [-0.4, -0.2) is 4.92 Å². The van der Waals surface area contributed by atoms with E-state index in [0.717, 1.165) is 0 Å². The molecule has 0 aliphatic heterocycles. The smallest absolute Gasteiger partial charge is 0.288 e. The van der Waals surface area contributed by atoms with E-state index in [4.69, 9.17) is 22.1 Å². The van der Waals surface area contributed by atoms with Crippen LogP contribution in [0.5, 0.6) is 11.5 Å². The fourth-order valence-corrected chi connectivity index (χ4v) is 1.60. The number of ether oxygens (including phenoxy) is 1. The Bertz CT molecular complexity index is 590. The Hall–Kier alpha value is -0.828. The molecule has 95 valence electrons. The minimum absolute atomic E-state index is 0. The molecule has 0 saturated carbocycles. The number of hydrogen-bond acceptors (Lipinski definition) is 3. The van der Waals surface area contributed by atoms with Gasteiger partial charge in [-0.25, -0.2) is 0 Å². The van der Waals surface area contributed by atoms with Crippen LogP contribution < -0.4 is 4.74 Å². The SMILES string of the molecule is [Ac].[NH-]c1ccc(Oc2ccc([N+](=O)[O-])c(Cl)c2)cc1. The number of nitrogens with zero attached hydrogens (tertiary/aromatic N) is 1. The average Bonchev–Trinajstić information content (AvgIpc) is 2.32. The van der Waals surface area contributed by atoms with Gasteiger partial charge in [0.25, 0.3) is 5.69 Å². The summed E-state index contributed by atoms with van der Waals surface area (Å²) in [6.07, 6.45) is 0. The summed E-state index contributed by atoms with van der Waals surface area (Å²) in [5, 5.41) is 10.6. The number of nitrogens with one attached hydrogen (secondary N) is 1. The molecule has 1 N–H and O–H groups in total. The fourth-order valence-electron chi connectivity index (χ4n) is 1.36. The summed E-state index contributed by atoms with van der Waals surface area (Å²) in [5.41, 5.74) is 7.55. The normalized spacial score (nSPS) is 9.53. The van der Waals surface area contributed by atoms with Crippen LogP contribution >= 0.6 is 11.6 Å². The van der Waals surface area contributed by atoms with Crippen LogP contribution in [0.3, 0.4) is 0 Å². The van der Waals surface area contributed by atoms with Crippen molar-refractivity contribution in [1.82, 2.24) is 0 Å². The number of nitro benzene ring substituents is 1. The molecular weight excluding hydrogens is 483 g/mol. The van der Waals surface area contributed by atoms with Crippen molar-refractivity contribution in [2.24, 2.45) is 0 Å². The number of nitro groups is 1. The minimum Gasteiger partial charge on any atom is -0.699 e. The fraction of sp³-hybridized carbons (Fsp3) is 0. The molecule has 0 spiro atoms. The molecule has 0 aliphatic rings. The van der Waals surface area contributed by atoms with Crippen LogP contribution in [0.1, 0.15) is 0 Å². The Labute approximate surface area is 150 Å². The number of rotatable bonds is 3. The zero-order valence-electron chi connectivity index (χ0n) is 9.67. The first kappa shape index (κ1) is 16.2. The minimum atomic E-state index is -0.555. The van der Waals surface area contributed by atoms with E-state index >= 15 is 0 Å². The van der Waals surface area contributed by atoms with Gasteiger partial charge in [0.05, 0.1) is 4.92 Å². The van der Waals surface area contributed by atoms with Gasteiger partial charge in [-0.2, -0.15) is 0 Å². The van der Waals surface area contributed by atoms with Crippen LogP contribution in [0, 0.1) is 54.2 Å². The van der Waals surface area contributed by atoms with Gasteiger partial charge in [0, 0.05) is 56.2 Å². The van der Waals surface area contributed by atoms with E-state index in [-0.39, 0.29) is 54.8 Å². The predicted molar refractivity (Wildman–Crippen MR) is 68.6 cm³/mol. The summed E-state index contributed by atoms with van der Waals surface area (Å²) >= 11 is 5.76. The number of halogens is 1. The van der Waals surface area contributed by atoms with Crippen molar-refractivity contribution in [3.63, 3.8) is 0 Å². The second-order valence-corrected chi connectivity index (χ2v) is 3.90. The van der Waals surface area contributed by atoms with Crippen molar-refractivity contribution in [1.29, 1.82) is 0 Å². The molecule has 0 aromatic heterocycles. The van der Waals surface area contributed by atoms with Crippen LogP contribution in [-0.2, 0) is 0 Å². The largest absolute Gasteiger partial charge is 0.699 e. The summed E-state index contributed by atoms with van der Waals surface area (Å²) < 4.78 is 5.46. The van der Waals surface area contributed by atoms with E-state index in [1.165, 1.54) is 18.2 Å². The van der Waals surface area contributed by atoms with Gasteiger partial charge in [0.1, 0.15) is 16.5 Å². The topological polar surface area (TPSA) is 76.2 Å². The third kappa shape index (κ3) is 4.34. The van der Waals surface area contributed by atoms with Crippen molar-refractivity contribution in [3.05, 3.63) is 63.3 Å². The summed E-state index contributed by atoms with van der Waals surface area (Å²) in [6.45, 7) is 0. The summed E-state index contributed by atoms with van der Waals surface area (Å²) in [6, 6.07) is 10.6. The van der Waals surface area contributed by atoms with Crippen molar-refractivity contribution < 1.29 is 53.7 Å². The van der Waals surface area contributed by atoms with Crippen LogP contribution in [0.2, 0.25) is 5.02 Å². The van der Waals surface area contributed by atoms with Crippen molar-refractivity contribution >= 4 is 23.0 Å². The van der Waals surface area contributed by atoms with E-state index in [9.17, 15) is 10.1 Å².